The number of hydrazone groups is 1. The number of carbonyl (C=O) groups is 1. The first kappa shape index (κ1) is 17.6. The number of carbonyl (C=O) groups excluding carboxylic acids is 1. The van der Waals surface area contributed by atoms with E-state index in [9.17, 15) is 4.79 Å². The number of ether oxygens (including phenoxy) is 1. The number of rotatable bonds is 6. The summed E-state index contributed by atoms with van der Waals surface area (Å²) in [4.78, 5) is 11.8. The van der Waals surface area contributed by atoms with E-state index in [1.165, 1.54) is 6.33 Å². The van der Waals surface area contributed by atoms with Crippen LogP contribution >= 0.6 is 11.6 Å². The van der Waals surface area contributed by atoms with Gasteiger partial charge in [0.05, 0.1) is 11.4 Å². The summed E-state index contributed by atoms with van der Waals surface area (Å²) in [5, 5.41) is 15.7. The maximum atomic E-state index is 11.8. The second-order valence-corrected chi connectivity index (χ2v) is 5.71. The average molecular weight is 371 g/mol. The van der Waals surface area contributed by atoms with Crippen LogP contribution in [0.1, 0.15) is 12.5 Å². The third-order valence-corrected chi connectivity index (χ3v) is 3.68. The molecule has 0 saturated heterocycles. The summed E-state index contributed by atoms with van der Waals surface area (Å²) >= 11 is 5.79. The molecule has 2 aromatic carbocycles. The van der Waals surface area contributed by atoms with Gasteiger partial charge in [0.1, 0.15) is 12.1 Å². The van der Waals surface area contributed by atoms with Crippen LogP contribution in [0.5, 0.6) is 5.75 Å². The molecule has 0 aliphatic heterocycles. The summed E-state index contributed by atoms with van der Waals surface area (Å²) in [6, 6.07) is 14.2. The zero-order valence-electron chi connectivity index (χ0n) is 13.8. The van der Waals surface area contributed by atoms with E-state index in [1.54, 1.807) is 35.9 Å². The van der Waals surface area contributed by atoms with E-state index in [1.807, 2.05) is 24.3 Å². The lowest BCUT2D eigenvalue weighted by Crippen LogP contribution is -2.25. The minimum Gasteiger partial charge on any atom is -0.484 e. The molecule has 0 saturated carbocycles. The molecule has 0 atom stereocenters. The third-order valence-electron chi connectivity index (χ3n) is 3.43. The first-order valence-corrected chi connectivity index (χ1v) is 8.05. The summed E-state index contributed by atoms with van der Waals surface area (Å²) in [6.45, 7) is 1.66. The second-order valence-electron chi connectivity index (χ2n) is 5.28. The van der Waals surface area contributed by atoms with Gasteiger partial charge in [0.25, 0.3) is 5.91 Å². The Balaban J connectivity index is 1.54. The van der Waals surface area contributed by atoms with Gasteiger partial charge in [-0.25, -0.2) is 10.1 Å². The molecule has 0 aliphatic carbocycles. The molecular formula is C17H15ClN6O2. The van der Waals surface area contributed by atoms with Crippen LogP contribution in [-0.4, -0.2) is 38.4 Å². The lowest BCUT2D eigenvalue weighted by atomic mass is 10.1. The molecule has 1 heterocycles. The summed E-state index contributed by atoms with van der Waals surface area (Å²) in [5.41, 5.74) is 4.81. The normalized spacial score (nSPS) is 11.2. The van der Waals surface area contributed by atoms with Crippen molar-refractivity contribution in [2.45, 2.75) is 6.92 Å². The van der Waals surface area contributed by atoms with Gasteiger partial charge in [0.2, 0.25) is 0 Å². The van der Waals surface area contributed by atoms with Gasteiger partial charge in [0, 0.05) is 5.02 Å². The summed E-state index contributed by atoms with van der Waals surface area (Å²) < 4.78 is 6.90. The molecule has 132 valence electrons. The molecule has 1 aromatic heterocycles. The Labute approximate surface area is 154 Å². The molecule has 1 amide bonds. The second kappa shape index (κ2) is 8.21. The van der Waals surface area contributed by atoms with Crippen LogP contribution in [-0.2, 0) is 4.79 Å². The number of nitrogens with zero attached hydrogens (tertiary/aromatic N) is 5. The summed E-state index contributed by atoms with van der Waals surface area (Å²) in [6.07, 6.45) is 1.51. The maximum Gasteiger partial charge on any atom is 0.277 e. The fraction of sp³-hybridized carbons (Fsp3) is 0.118. The number of benzene rings is 2. The molecule has 3 aromatic rings. The summed E-state index contributed by atoms with van der Waals surface area (Å²) in [7, 11) is 0. The van der Waals surface area contributed by atoms with Crippen molar-refractivity contribution in [2.75, 3.05) is 6.61 Å². The van der Waals surface area contributed by atoms with E-state index in [0.717, 1.165) is 11.3 Å². The number of hydrogen-bond donors (Lipinski definition) is 1. The van der Waals surface area contributed by atoms with Crippen molar-refractivity contribution in [3.8, 4) is 11.4 Å². The largest absolute Gasteiger partial charge is 0.484 e. The quantitative estimate of drug-likeness (QED) is 0.530. The van der Waals surface area contributed by atoms with Crippen molar-refractivity contribution in [2.24, 2.45) is 5.10 Å². The third kappa shape index (κ3) is 4.64. The molecule has 9 heteroatoms. The minimum atomic E-state index is -0.357. The van der Waals surface area contributed by atoms with Gasteiger partial charge >= 0.3 is 0 Å². The topological polar surface area (TPSA) is 94.3 Å². The zero-order chi connectivity index (χ0) is 18.4. The number of tetrazole rings is 1. The molecule has 26 heavy (non-hydrogen) atoms. The van der Waals surface area contributed by atoms with Crippen molar-refractivity contribution in [3.05, 3.63) is 65.4 Å². The SMILES string of the molecule is CC(=NNC(=O)COc1ccc(Cl)cc1)c1ccc(-n2cnnn2)cc1. The van der Waals surface area contributed by atoms with Crippen molar-refractivity contribution in [3.63, 3.8) is 0 Å². The molecule has 8 nitrogen and oxygen atoms in total. The van der Waals surface area contributed by atoms with Crippen LogP contribution in [0.25, 0.3) is 5.69 Å². The monoisotopic (exact) mass is 370 g/mol. The van der Waals surface area contributed by atoms with Crippen LogP contribution in [0.15, 0.2) is 60.0 Å². The van der Waals surface area contributed by atoms with E-state index in [4.69, 9.17) is 16.3 Å². The fourth-order valence-electron chi connectivity index (χ4n) is 2.06. The van der Waals surface area contributed by atoms with Gasteiger partial charge in [-0.05, 0) is 59.3 Å². The number of hydrogen-bond acceptors (Lipinski definition) is 6. The van der Waals surface area contributed by atoms with Crippen molar-refractivity contribution < 1.29 is 9.53 Å². The highest BCUT2D eigenvalue weighted by Crippen LogP contribution is 2.15. The molecule has 0 fully saturated rings. The molecular weight excluding hydrogens is 356 g/mol. The smallest absolute Gasteiger partial charge is 0.277 e. The fourth-order valence-corrected chi connectivity index (χ4v) is 2.18. The molecule has 1 N–H and O–H groups in total. The lowest BCUT2D eigenvalue weighted by molar-refractivity contribution is -0.123. The molecule has 3 rings (SSSR count). The predicted octanol–water partition coefficient (Wildman–Crippen LogP) is 2.23. The van der Waals surface area contributed by atoms with E-state index >= 15 is 0 Å². The first-order chi connectivity index (χ1) is 12.6. The standard InChI is InChI=1S/C17H15ClN6O2/c1-12(13-2-6-15(7-3-13)24-11-19-22-23-24)20-21-17(25)10-26-16-8-4-14(18)5-9-16/h2-9,11H,10H2,1H3,(H,21,25). The van der Waals surface area contributed by atoms with Gasteiger partial charge in [-0.1, -0.05) is 23.7 Å². The van der Waals surface area contributed by atoms with E-state index in [0.29, 0.717) is 16.5 Å². The number of amides is 1. The highest BCUT2D eigenvalue weighted by molar-refractivity contribution is 6.30. The molecule has 0 unspecified atom stereocenters. The Hall–Kier alpha value is -3.26. The molecule has 0 aliphatic rings. The van der Waals surface area contributed by atoms with Crippen LogP contribution in [0, 0.1) is 0 Å². The highest BCUT2D eigenvalue weighted by Gasteiger charge is 2.04. The van der Waals surface area contributed by atoms with Crippen LogP contribution in [0.2, 0.25) is 5.02 Å². The van der Waals surface area contributed by atoms with Gasteiger partial charge in [-0.15, -0.1) is 5.10 Å². The molecule has 0 spiro atoms. The zero-order valence-corrected chi connectivity index (χ0v) is 14.6. The van der Waals surface area contributed by atoms with Gasteiger partial charge < -0.3 is 4.74 Å². The van der Waals surface area contributed by atoms with Gasteiger partial charge in [-0.2, -0.15) is 5.10 Å². The Morgan fingerprint density at radius 1 is 1.19 bits per heavy atom. The van der Waals surface area contributed by atoms with Crippen molar-refractivity contribution in [1.29, 1.82) is 0 Å². The lowest BCUT2D eigenvalue weighted by Gasteiger charge is -2.06. The predicted molar refractivity (Wildman–Crippen MR) is 96.5 cm³/mol. The summed E-state index contributed by atoms with van der Waals surface area (Å²) in [5.74, 6) is 0.202. The number of halogens is 1. The number of aromatic nitrogens is 4. The Kier molecular flexibility index (Phi) is 5.55. The Morgan fingerprint density at radius 2 is 1.92 bits per heavy atom. The first-order valence-electron chi connectivity index (χ1n) is 7.67. The van der Waals surface area contributed by atoms with Crippen molar-refractivity contribution >= 4 is 23.2 Å². The average Bonchev–Trinajstić information content (AvgIpc) is 3.20. The molecule has 0 bridgehead atoms. The van der Waals surface area contributed by atoms with Gasteiger partial charge in [-0.3, -0.25) is 4.79 Å². The number of nitrogens with one attached hydrogen (secondary N) is 1. The van der Waals surface area contributed by atoms with Crippen LogP contribution < -0.4 is 10.2 Å². The highest BCUT2D eigenvalue weighted by atomic mass is 35.5. The van der Waals surface area contributed by atoms with E-state index < -0.39 is 0 Å². The van der Waals surface area contributed by atoms with Crippen LogP contribution in [0.4, 0.5) is 0 Å². The Morgan fingerprint density at radius 3 is 2.58 bits per heavy atom. The van der Waals surface area contributed by atoms with Crippen molar-refractivity contribution in [1.82, 2.24) is 25.6 Å². The Bertz CT molecular complexity index is 892. The van der Waals surface area contributed by atoms with Crippen LogP contribution in [0.3, 0.4) is 0 Å². The maximum absolute atomic E-state index is 11.8. The van der Waals surface area contributed by atoms with E-state index in [2.05, 4.69) is 26.1 Å². The van der Waals surface area contributed by atoms with E-state index in [-0.39, 0.29) is 12.5 Å². The minimum absolute atomic E-state index is 0.142. The van der Waals surface area contributed by atoms with Gasteiger partial charge in [0.15, 0.2) is 6.61 Å². The molecule has 0 radical (unpaired) electrons.